The van der Waals surface area contributed by atoms with Gasteiger partial charge in [0.05, 0.1) is 34.3 Å². The van der Waals surface area contributed by atoms with Crippen LogP contribution < -0.4 is 5.32 Å². The minimum atomic E-state index is 0.469. The SMILES string of the molecule is CSc1nn(-c2ccccc2)c(C)c1-c1ccnc(Nc2cccc(C#N)c2)n1. The van der Waals surface area contributed by atoms with Gasteiger partial charge in [0, 0.05) is 11.9 Å². The molecular formula is C22H18N6S. The van der Waals surface area contributed by atoms with E-state index in [1.807, 2.05) is 66.4 Å². The Balaban J connectivity index is 1.73. The number of rotatable bonds is 5. The molecule has 0 fully saturated rings. The van der Waals surface area contributed by atoms with E-state index in [2.05, 4.69) is 16.4 Å². The summed E-state index contributed by atoms with van der Waals surface area (Å²) in [5.41, 5.74) is 5.14. The highest BCUT2D eigenvalue weighted by atomic mass is 32.2. The number of nitriles is 1. The van der Waals surface area contributed by atoms with Crippen LogP contribution in [0.5, 0.6) is 0 Å². The lowest BCUT2D eigenvalue weighted by Crippen LogP contribution is -2.00. The third-order valence-electron chi connectivity index (χ3n) is 4.44. The summed E-state index contributed by atoms with van der Waals surface area (Å²) in [7, 11) is 0. The van der Waals surface area contributed by atoms with E-state index in [0.29, 0.717) is 11.5 Å². The molecule has 0 amide bonds. The van der Waals surface area contributed by atoms with Crippen molar-refractivity contribution in [2.24, 2.45) is 0 Å². The van der Waals surface area contributed by atoms with Gasteiger partial charge in [-0.1, -0.05) is 24.3 Å². The number of hydrogen-bond donors (Lipinski definition) is 1. The molecule has 6 nitrogen and oxygen atoms in total. The topological polar surface area (TPSA) is 79.4 Å². The summed E-state index contributed by atoms with van der Waals surface area (Å²) in [6, 6.07) is 21.3. The standard InChI is InChI=1S/C22H18N6S/c1-15-20(21(29-2)27-28(15)18-9-4-3-5-10-18)19-11-12-24-22(26-19)25-17-8-6-7-16(13-17)14-23/h3-13H,1-2H3,(H,24,25,26). The summed E-state index contributed by atoms with van der Waals surface area (Å²) >= 11 is 1.59. The van der Waals surface area contributed by atoms with Crippen molar-refractivity contribution >= 4 is 23.4 Å². The molecule has 0 unspecified atom stereocenters. The first-order chi connectivity index (χ1) is 14.2. The monoisotopic (exact) mass is 398 g/mol. The van der Waals surface area contributed by atoms with E-state index in [0.717, 1.165) is 33.4 Å². The van der Waals surface area contributed by atoms with E-state index >= 15 is 0 Å². The second kappa shape index (κ2) is 8.17. The average Bonchev–Trinajstić information content (AvgIpc) is 3.11. The molecule has 0 aliphatic carbocycles. The van der Waals surface area contributed by atoms with Crippen molar-refractivity contribution in [3.63, 3.8) is 0 Å². The molecule has 0 bridgehead atoms. The van der Waals surface area contributed by atoms with Gasteiger partial charge < -0.3 is 5.32 Å². The molecule has 1 N–H and O–H groups in total. The Morgan fingerprint density at radius 1 is 1.07 bits per heavy atom. The van der Waals surface area contributed by atoms with Crippen molar-refractivity contribution in [3.8, 4) is 23.0 Å². The number of nitrogens with one attached hydrogen (secondary N) is 1. The molecule has 2 aromatic heterocycles. The van der Waals surface area contributed by atoms with Crippen LogP contribution in [-0.2, 0) is 0 Å². The lowest BCUT2D eigenvalue weighted by molar-refractivity contribution is 0.814. The van der Waals surface area contributed by atoms with Gasteiger partial charge in [-0.15, -0.1) is 11.8 Å². The molecule has 4 aromatic rings. The third-order valence-corrected chi connectivity index (χ3v) is 5.11. The van der Waals surface area contributed by atoms with Crippen LogP contribution in [0.2, 0.25) is 0 Å². The first kappa shape index (κ1) is 18.7. The number of anilines is 2. The van der Waals surface area contributed by atoms with Gasteiger partial charge >= 0.3 is 0 Å². The molecule has 0 aliphatic heterocycles. The minimum Gasteiger partial charge on any atom is -0.324 e. The maximum absolute atomic E-state index is 9.08. The van der Waals surface area contributed by atoms with E-state index in [1.165, 1.54) is 0 Å². The van der Waals surface area contributed by atoms with Crippen molar-refractivity contribution in [2.45, 2.75) is 11.9 Å². The Morgan fingerprint density at radius 2 is 1.90 bits per heavy atom. The fourth-order valence-electron chi connectivity index (χ4n) is 3.09. The Hall–Kier alpha value is -3.63. The predicted molar refractivity (Wildman–Crippen MR) is 116 cm³/mol. The average molecular weight is 398 g/mol. The molecule has 142 valence electrons. The maximum atomic E-state index is 9.08. The number of para-hydroxylation sites is 1. The van der Waals surface area contributed by atoms with Gasteiger partial charge in [0.2, 0.25) is 5.95 Å². The van der Waals surface area contributed by atoms with Gasteiger partial charge in [-0.2, -0.15) is 10.4 Å². The van der Waals surface area contributed by atoms with Gasteiger partial charge in [-0.25, -0.2) is 14.6 Å². The van der Waals surface area contributed by atoms with Crippen molar-refractivity contribution in [3.05, 3.63) is 78.1 Å². The van der Waals surface area contributed by atoms with Crippen LogP contribution in [0, 0.1) is 18.3 Å². The highest BCUT2D eigenvalue weighted by Gasteiger charge is 2.18. The van der Waals surface area contributed by atoms with Crippen molar-refractivity contribution in [1.29, 1.82) is 5.26 Å². The molecule has 29 heavy (non-hydrogen) atoms. The molecular weight excluding hydrogens is 380 g/mol. The number of aromatic nitrogens is 4. The number of nitrogens with zero attached hydrogens (tertiary/aromatic N) is 5. The zero-order valence-corrected chi connectivity index (χ0v) is 16.8. The van der Waals surface area contributed by atoms with Crippen LogP contribution in [-0.4, -0.2) is 26.0 Å². The zero-order chi connectivity index (χ0) is 20.2. The van der Waals surface area contributed by atoms with E-state index in [4.69, 9.17) is 15.3 Å². The predicted octanol–water partition coefficient (Wildman–Crippen LogP) is 4.97. The Kier molecular flexibility index (Phi) is 5.27. The molecule has 0 spiro atoms. The van der Waals surface area contributed by atoms with Crippen LogP contribution in [0.3, 0.4) is 0 Å². The number of thioether (sulfide) groups is 1. The fourth-order valence-corrected chi connectivity index (χ4v) is 3.71. The largest absolute Gasteiger partial charge is 0.324 e. The molecule has 4 rings (SSSR count). The minimum absolute atomic E-state index is 0.469. The third kappa shape index (κ3) is 3.84. The highest BCUT2D eigenvalue weighted by Crippen LogP contribution is 2.33. The van der Waals surface area contributed by atoms with E-state index in [-0.39, 0.29) is 0 Å². The lowest BCUT2D eigenvalue weighted by Gasteiger charge is -2.08. The second-order valence-electron chi connectivity index (χ2n) is 6.30. The molecule has 0 atom stereocenters. The molecule has 0 radical (unpaired) electrons. The van der Waals surface area contributed by atoms with E-state index < -0.39 is 0 Å². The van der Waals surface area contributed by atoms with Crippen molar-refractivity contribution in [2.75, 3.05) is 11.6 Å². The smallest absolute Gasteiger partial charge is 0.227 e. The van der Waals surface area contributed by atoms with Crippen LogP contribution in [0.4, 0.5) is 11.6 Å². The quantitative estimate of drug-likeness (QED) is 0.478. The molecule has 2 aromatic carbocycles. The van der Waals surface area contributed by atoms with Gasteiger partial charge in [-0.05, 0) is 49.6 Å². The summed E-state index contributed by atoms with van der Waals surface area (Å²) in [5, 5.41) is 17.9. The van der Waals surface area contributed by atoms with Crippen LogP contribution in [0.25, 0.3) is 16.9 Å². The normalized spacial score (nSPS) is 10.5. The summed E-state index contributed by atoms with van der Waals surface area (Å²) in [6.07, 6.45) is 3.73. The fraction of sp³-hybridized carbons (Fsp3) is 0.0909. The lowest BCUT2D eigenvalue weighted by atomic mass is 10.2. The van der Waals surface area contributed by atoms with Crippen LogP contribution in [0.1, 0.15) is 11.3 Å². The Morgan fingerprint density at radius 3 is 2.66 bits per heavy atom. The van der Waals surface area contributed by atoms with Gasteiger partial charge in [-0.3, -0.25) is 0 Å². The maximum Gasteiger partial charge on any atom is 0.227 e. The van der Waals surface area contributed by atoms with Gasteiger partial charge in [0.15, 0.2) is 0 Å². The van der Waals surface area contributed by atoms with E-state index in [9.17, 15) is 0 Å². The van der Waals surface area contributed by atoms with E-state index in [1.54, 1.807) is 30.1 Å². The summed E-state index contributed by atoms with van der Waals surface area (Å²) < 4.78 is 1.94. The number of benzene rings is 2. The Bertz CT molecular complexity index is 1190. The number of hydrogen-bond acceptors (Lipinski definition) is 6. The van der Waals surface area contributed by atoms with Crippen LogP contribution >= 0.6 is 11.8 Å². The molecule has 0 saturated heterocycles. The summed E-state index contributed by atoms with van der Waals surface area (Å²) in [4.78, 5) is 9.03. The Labute approximate surface area is 173 Å². The van der Waals surface area contributed by atoms with Crippen LogP contribution in [0.15, 0.2) is 71.9 Å². The van der Waals surface area contributed by atoms with Crippen molar-refractivity contribution in [1.82, 2.24) is 19.7 Å². The molecule has 7 heteroatoms. The molecule has 0 saturated carbocycles. The molecule has 2 heterocycles. The first-order valence-corrected chi connectivity index (χ1v) is 10.2. The van der Waals surface area contributed by atoms with Gasteiger partial charge in [0.1, 0.15) is 5.03 Å². The van der Waals surface area contributed by atoms with Gasteiger partial charge in [0.25, 0.3) is 0 Å². The zero-order valence-electron chi connectivity index (χ0n) is 16.0. The first-order valence-electron chi connectivity index (χ1n) is 8.99. The van der Waals surface area contributed by atoms with Crippen molar-refractivity contribution < 1.29 is 0 Å². The second-order valence-corrected chi connectivity index (χ2v) is 7.10. The summed E-state index contributed by atoms with van der Waals surface area (Å²) in [5.74, 6) is 0.469. The highest BCUT2D eigenvalue weighted by molar-refractivity contribution is 7.98. The molecule has 0 aliphatic rings. The summed E-state index contributed by atoms with van der Waals surface area (Å²) in [6.45, 7) is 2.04.